The van der Waals surface area contributed by atoms with E-state index in [-0.39, 0.29) is 59.2 Å². The zero-order valence-electron chi connectivity index (χ0n) is 63.7. The summed E-state index contributed by atoms with van der Waals surface area (Å²) in [5.41, 5.74) is 19.8. The Labute approximate surface area is 615 Å². The molecule has 103 heavy (non-hydrogen) atoms. The van der Waals surface area contributed by atoms with Crippen molar-refractivity contribution in [2.45, 2.75) is 215 Å². The summed E-state index contributed by atoms with van der Waals surface area (Å²) in [5.74, 6) is 0.899. The molecule has 3 aromatic heterocycles. The van der Waals surface area contributed by atoms with Crippen molar-refractivity contribution in [3.05, 3.63) is 85.0 Å². The fourth-order valence-electron chi connectivity index (χ4n) is 14.7. The number of nitrogens with one attached hydrogen (secondary N) is 4. The summed E-state index contributed by atoms with van der Waals surface area (Å²) in [5, 5.41) is 35.2. The van der Waals surface area contributed by atoms with E-state index in [4.69, 9.17) is 14.6 Å². The highest BCUT2D eigenvalue weighted by molar-refractivity contribution is 7.91. The summed E-state index contributed by atoms with van der Waals surface area (Å²) in [6, 6.07) is 9.12. The number of sulfone groups is 3. The van der Waals surface area contributed by atoms with Crippen LogP contribution in [0.3, 0.4) is 0 Å². The van der Waals surface area contributed by atoms with Crippen LogP contribution in [-0.4, -0.2) is 229 Å². The summed E-state index contributed by atoms with van der Waals surface area (Å²) < 4.78 is 92.9. The lowest BCUT2D eigenvalue weighted by molar-refractivity contribution is 0.0715. The normalized spacial score (nSPS) is 15.5. The molecule has 12 rings (SSSR count). The van der Waals surface area contributed by atoms with E-state index in [1.165, 1.54) is 89.0 Å². The van der Waals surface area contributed by atoms with E-state index in [2.05, 4.69) is 128 Å². The number of benzene rings is 3. The largest absolute Gasteiger partial charge is 0.396 e. The van der Waals surface area contributed by atoms with Gasteiger partial charge in [-0.05, 0) is 269 Å². The van der Waals surface area contributed by atoms with Crippen LogP contribution in [0.15, 0.2) is 33.7 Å². The van der Waals surface area contributed by atoms with Crippen LogP contribution in [0.1, 0.15) is 125 Å². The molecule has 0 amide bonds. The highest BCUT2D eigenvalue weighted by atomic mass is 32.2. The number of nitrogens with zero attached hydrogens (tertiary/aromatic N) is 12. The minimum Gasteiger partial charge on any atom is -0.396 e. The second-order valence-corrected chi connectivity index (χ2v) is 49.4. The summed E-state index contributed by atoms with van der Waals surface area (Å²) in [4.78, 5) is 21.9. The maximum absolute atomic E-state index is 13.5. The topological polar surface area (TPSA) is 293 Å². The SMILES string of the molecule is CN(C)CCN(C)CCCS(=O)(=O)c1nc(Nc2c3c(cc4c2CCC4)CCC3)n[nH]1.CN(C)CCN(C)CCCS(=O)(=O)c1nc(Nc2c3c(cc4c2CCC4)CCC3)nn1COCC[Si](C)(C)C.C[Si](C)(C)CCOCn1nc(Nc2c3c(cc4c2CCC4)CCC3)nc1S(=O)(=O)CCCO. The van der Waals surface area contributed by atoms with Gasteiger partial charge in [0.2, 0.25) is 62.8 Å². The number of likely N-dealkylation sites (N-methyl/N-ethyl adjacent to an activating group) is 4. The molecule has 0 bridgehead atoms. The number of anilines is 6. The number of aromatic amines is 1. The average molecular weight is 1520 g/mol. The Hall–Kier alpha value is -5.52. The fourth-order valence-corrected chi connectivity index (χ4v) is 20.0. The van der Waals surface area contributed by atoms with Crippen LogP contribution in [-0.2, 0) is 129 Å². The number of aliphatic hydroxyl groups is 1. The Morgan fingerprint density at radius 2 is 0.777 bits per heavy atom. The Balaban J connectivity index is 0.000000167. The second-order valence-electron chi connectivity index (χ2n) is 32.1. The molecule has 30 heteroatoms. The van der Waals surface area contributed by atoms with E-state index >= 15 is 0 Å². The molecule has 6 aromatic rings. The minimum atomic E-state index is -3.70. The number of hydrogen-bond donors (Lipinski definition) is 5. The van der Waals surface area contributed by atoms with Gasteiger partial charge in [0.1, 0.15) is 13.5 Å². The molecule has 0 atom stereocenters. The van der Waals surface area contributed by atoms with E-state index < -0.39 is 45.7 Å². The maximum atomic E-state index is 13.5. The highest BCUT2D eigenvalue weighted by Crippen LogP contribution is 2.43. The number of aromatic nitrogens is 9. The molecule has 0 saturated carbocycles. The van der Waals surface area contributed by atoms with Crippen LogP contribution in [0, 0.1) is 0 Å². The average Bonchev–Trinajstić information content (AvgIpc) is 1.51. The molecular formula is C73H118N16O9S3Si2. The van der Waals surface area contributed by atoms with Crippen molar-refractivity contribution >= 4 is 80.6 Å². The number of fused-ring (bicyclic) bond motifs is 6. The van der Waals surface area contributed by atoms with E-state index in [9.17, 15) is 25.3 Å². The molecule has 0 unspecified atom stereocenters. The van der Waals surface area contributed by atoms with Gasteiger partial charge in [0.05, 0.1) is 17.3 Å². The monoisotopic (exact) mass is 1510 g/mol. The number of aliphatic hydroxyl groups excluding tert-OH is 1. The van der Waals surface area contributed by atoms with Crippen molar-refractivity contribution in [1.29, 1.82) is 0 Å². The first-order valence-electron chi connectivity index (χ1n) is 37.7. The lowest BCUT2D eigenvalue weighted by atomic mass is 9.99. The Morgan fingerprint density at radius 1 is 0.447 bits per heavy atom. The van der Waals surface area contributed by atoms with Gasteiger partial charge in [-0.3, -0.25) is 0 Å². The molecule has 0 aliphatic heterocycles. The van der Waals surface area contributed by atoms with Crippen molar-refractivity contribution in [2.75, 3.05) is 135 Å². The first kappa shape index (κ1) is 80.0. The quantitative estimate of drug-likeness (QED) is 0.0181. The molecule has 570 valence electrons. The van der Waals surface area contributed by atoms with Crippen LogP contribution in [0.25, 0.3) is 0 Å². The van der Waals surface area contributed by atoms with Gasteiger partial charge in [0, 0.05) is 79.2 Å². The third-order valence-corrected chi connectivity index (χ3v) is 28.9. The lowest BCUT2D eigenvalue weighted by Gasteiger charge is -2.19. The van der Waals surface area contributed by atoms with Crippen molar-refractivity contribution < 1.29 is 39.8 Å². The smallest absolute Gasteiger partial charge is 0.249 e. The molecular weight excluding hydrogens is 1400 g/mol. The Bertz CT molecular complexity index is 4130. The summed E-state index contributed by atoms with van der Waals surface area (Å²) in [7, 11) is -1.14. The Kier molecular flexibility index (Phi) is 27.6. The predicted octanol–water partition coefficient (Wildman–Crippen LogP) is 9.62. The molecule has 0 saturated heterocycles. The summed E-state index contributed by atoms with van der Waals surface area (Å²) >= 11 is 0. The van der Waals surface area contributed by atoms with Crippen LogP contribution < -0.4 is 16.0 Å². The number of hydrogen-bond acceptors (Lipinski definition) is 22. The number of ether oxygens (including phenoxy) is 2. The molecule has 25 nitrogen and oxygen atoms in total. The molecule has 0 fully saturated rings. The first-order chi connectivity index (χ1) is 48.9. The van der Waals surface area contributed by atoms with Gasteiger partial charge in [-0.1, -0.05) is 57.5 Å². The molecule has 3 aromatic carbocycles. The Morgan fingerprint density at radius 3 is 1.11 bits per heavy atom. The number of rotatable bonds is 36. The van der Waals surface area contributed by atoms with Gasteiger partial charge in [-0.15, -0.1) is 15.3 Å². The third-order valence-electron chi connectivity index (χ3n) is 20.5. The van der Waals surface area contributed by atoms with E-state index in [1.54, 1.807) is 0 Å². The molecule has 6 aliphatic rings. The van der Waals surface area contributed by atoms with Crippen LogP contribution in [0.2, 0.25) is 51.4 Å². The van der Waals surface area contributed by atoms with Crippen LogP contribution >= 0.6 is 0 Å². The van der Waals surface area contributed by atoms with Gasteiger partial charge in [-0.25, -0.2) is 39.7 Å². The third kappa shape index (κ3) is 21.9. The van der Waals surface area contributed by atoms with Gasteiger partial charge < -0.3 is 50.1 Å². The van der Waals surface area contributed by atoms with Crippen LogP contribution in [0.4, 0.5) is 34.9 Å². The van der Waals surface area contributed by atoms with Gasteiger partial charge in [-0.2, -0.15) is 15.0 Å². The van der Waals surface area contributed by atoms with Crippen molar-refractivity contribution in [3.63, 3.8) is 0 Å². The summed E-state index contributed by atoms with van der Waals surface area (Å²) in [6.45, 7) is 20.0. The minimum absolute atomic E-state index is 0.00169. The van der Waals surface area contributed by atoms with E-state index in [0.29, 0.717) is 50.4 Å². The predicted molar refractivity (Wildman–Crippen MR) is 415 cm³/mol. The first-order valence-corrected chi connectivity index (χ1v) is 50.0. The van der Waals surface area contributed by atoms with Crippen molar-refractivity contribution in [1.82, 2.24) is 64.3 Å². The fraction of sp³-hybridized carbons (Fsp3) is 0.671. The van der Waals surface area contributed by atoms with Crippen LogP contribution in [0.5, 0.6) is 0 Å². The lowest BCUT2D eigenvalue weighted by Crippen LogP contribution is -2.30. The highest BCUT2D eigenvalue weighted by Gasteiger charge is 2.32. The second kappa shape index (κ2) is 35.5. The number of H-pyrrole nitrogens is 1. The molecule has 5 N–H and O–H groups in total. The maximum Gasteiger partial charge on any atom is 0.249 e. The van der Waals surface area contributed by atoms with Crippen molar-refractivity contribution in [2.24, 2.45) is 0 Å². The molecule has 6 aliphatic carbocycles. The van der Waals surface area contributed by atoms with E-state index in [1.807, 2.05) is 42.3 Å². The molecule has 3 heterocycles. The molecule has 0 spiro atoms. The zero-order valence-corrected chi connectivity index (χ0v) is 68.1. The van der Waals surface area contributed by atoms with Gasteiger partial charge >= 0.3 is 0 Å². The standard InChI is InChI=1S/C28H48N6O3SSi.C23H36N4O4SSi.C22H34N6O2S/c1-32(2)15-16-33(3)14-9-18-38(35,36)28-30-27(31-34(28)21-37-17-19-39(4,5)6)29-26-24-12-7-10-22(24)20-23-11-8-13-25(23)26;1-33(2,3)14-12-31-16-27-23(32(29,30)13-6-11-28)25-22(26-27)24-21-19-9-4-7-17(19)15-18-8-5-10-20(18)21;1-27(2)12-13-28(3)11-6-14-31(29,30)22-24-21(25-26-22)23-20-18-9-4-7-16(18)15-17-8-5-10-19(17)20/h20H,7-19,21H2,1-6H3,(H,29,31);15,28H,4-14,16H2,1-3H3,(H,24,26);15H,4-14H2,1-3H3,(H2,23,24,25,26). The zero-order chi connectivity index (χ0) is 73.9. The van der Waals surface area contributed by atoms with E-state index in [0.717, 1.165) is 165 Å². The summed E-state index contributed by atoms with van der Waals surface area (Å²) in [6.07, 6.45) is 21.1. The number of aryl methyl sites for hydroxylation is 6. The molecule has 0 radical (unpaired) electrons. The van der Waals surface area contributed by atoms with Gasteiger partial charge in [0.15, 0.2) is 0 Å². The van der Waals surface area contributed by atoms with Gasteiger partial charge in [0.25, 0.3) is 0 Å². The van der Waals surface area contributed by atoms with Crippen molar-refractivity contribution in [3.8, 4) is 0 Å².